The first-order valence-electron chi connectivity index (χ1n) is 6.73. The Bertz CT molecular complexity index is 218. The molecule has 0 saturated carbocycles. The Kier molecular flexibility index (Phi) is 11.4. The monoisotopic (exact) mass is 258 g/mol. The molecule has 0 spiro atoms. The van der Waals surface area contributed by atoms with Crippen molar-refractivity contribution in [2.45, 2.75) is 19.8 Å². The highest BCUT2D eigenvalue weighted by Crippen LogP contribution is 1.98. The summed E-state index contributed by atoms with van der Waals surface area (Å²) in [5.41, 5.74) is 1.41. The molecule has 0 heterocycles. The minimum Gasteiger partial charge on any atom is -0.396 e. The van der Waals surface area contributed by atoms with Crippen LogP contribution in [0.3, 0.4) is 0 Å². The normalized spacial score (nSPS) is 12.7. The third-order valence-electron chi connectivity index (χ3n) is 2.60. The van der Waals surface area contributed by atoms with Gasteiger partial charge in [0.05, 0.1) is 0 Å². The van der Waals surface area contributed by atoms with Gasteiger partial charge in [0, 0.05) is 39.5 Å². The van der Waals surface area contributed by atoms with E-state index in [9.17, 15) is 0 Å². The van der Waals surface area contributed by atoms with E-state index in [1.807, 2.05) is 0 Å². The summed E-state index contributed by atoms with van der Waals surface area (Å²) in [6, 6.07) is 0. The predicted octanol–water partition coefficient (Wildman–Crippen LogP) is 1.22. The molecule has 0 saturated heterocycles. The Labute approximate surface area is 112 Å². The molecule has 0 aliphatic carbocycles. The summed E-state index contributed by atoms with van der Waals surface area (Å²) < 4.78 is 5.40. The molecule has 0 aromatic heterocycles. The molecule has 0 aliphatic heterocycles. The van der Waals surface area contributed by atoms with Gasteiger partial charge in [0.2, 0.25) is 0 Å². The molecule has 1 N–H and O–H groups in total. The molecule has 0 fully saturated rings. The van der Waals surface area contributed by atoms with Crippen LogP contribution in [0, 0.1) is 0 Å². The molecule has 0 bridgehead atoms. The first kappa shape index (κ1) is 17.6. The Morgan fingerprint density at radius 2 is 1.83 bits per heavy atom. The molecule has 4 nitrogen and oxygen atoms in total. The van der Waals surface area contributed by atoms with Crippen LogP contribution in [0.25, 0.3) is 0 Å². The molecule has 18 heavy (non-hydrogen) atoms. The average Bonchev–Trinajstić information content (AvgIpc) is 2.31. The van der Waals surface area contributed by atoms with Crippen LogP contribution < -0.4 is 0 Å². The summed E-state index contributed by atoms with van der Waals surface area (Å²) >= 11 is 0. The van der Waals surface area contributed by atoms with E-state index in [4.69, 9.17) is 9.84 Å². The second-order valence-corrected chi connectivity index (χ2v) is 5.09. The molecule has 0 atom stereocenters. The number of hydrogen-bond acceptors (Lipinski definition) is 4. The number of rotatable bonds is 11. The lowest BCUT2D eigenvalue weighted by atomic mass is 10.2. The summed E-state index contributed by atoms with van der Waals surface area (Å²) in [7, 11) is 6.30. The number of likely N-dealkylation sites (N-methyl/N-ethyl adjacent to an activating group) is 2. The Morgan fingerprint density at radius 1 is 1.17 bits per heavy atom. The van der Waals surface area contributed by atoms with E-state index in [1.165, 1.54) is 5.57 Å². The van der Waals surface area contributed by atoms with Crippen LogP contribution in [0.15, 0.2) is 11.6 Å². The highest BCUT2D eigenvalue weighted by Gasteiger charge is 1.99. The zero-order valence-corrected chi connectivity index (χ0v) is 12.5. The van der Waals surface area contributed by atoms with E-state index < -0.39 is 0 Å². The van der Waals surface area contributed by atoms with Crippen molar-refractivity contribution < 1.29 is 9.84 Å². The van der Waals surface area contributed by atoms with Crippen molar-refractivity contribution >= 4 is 0 Å². The topological polar surface area (TPSA) is 35.9 Å². The standard InChI is InChI=1S/C14H30N2O2/c1-14(7-9-15(2)3)13-16(4)8-5-11-18-12-6-10-17/h7,17H,5-6,8-13H2,1-4H3/b14-7-. The largest absolute Gasteiger partial charge is 0.396 e. The van der Waals surface area contributed by atoms with Crippen LogP contribution in [-0.4, -0.2) is 75.5 Å². The van der Waals surface area contributed by atoms with Gasteiger partial charge < -0.3 is 19.6 Å². The zero-order valence-electron chi connectivity index (χ0n) is 12.5. The van der Waals surface area contributed by atoms with Crippen molar-refractivity contribution in [2.24, 2.45) is 0 Å². The fourth-order valence-corrected chi connectivity index (χ4v) is 1.61. The summed E-state index contributed by atoms with van der Waals surface area (Å²) in [5, 5.41) is 8.60. The first-order valence-corrected chi connectivity index (χ1v) is 6.73. The van der Waals surface area contributed by atoms with Crippen LogP contribution in [-0.2, 0) is 4.74 Å². The van der Waals surface area contributed by atoms with Crippen molar-refractivity contribution in [3.8, 4) is 0 Å². The third kappa shape index (κ3) is 12.0. The summed E-state index contributed by atoms with van der Waals surface area (Å²) in [6.45, 7) is 6.92. The van der Waals surface area contributed by atoms with Gasteiger partial charge in [-0.15, -0.1) is 0 Å². The van der Waals surface area contributed by atoms with Gasteiger partial charge >= 0.3 is 0 Å². The lowest BCUT2D eigenvalue weighted by Crippen LogP contribution is -2.23. The van der Waals surface area contributed by atoms with Gasteiger partial charge in [-0.3, -0.25) is 0 Å². The maximum Gasteiger partial charge on any atom is 0.0487 e. The molecular weight excluding hydrogens is 228 g/mol. The third-order valence-corrected chi connectivity index (χ3v) is 2.60. The quantitative estimate of drug-likeness (QED) is 0.446. The van der Waals surface area contributed by atoms with Gasteiger partial charge in [0.25, 0.3) is 0 Å². The molecule has 0 aromatic carbocycles. The van der Waals surface area contributed by atoms with Crippen LogP contribution >= 0.6 is 0 Å². The molecule has 0 rings (SSSR count). The van der Waals surface area contributed by atoms with E-state index in [2.05, 4.69) is 43.9 Å². The Hall–Kier alpha value is -0.420. The number of hydrogen-bond donors (Lipinski definition) is 1. The van der Waals surface area contributed by atoms with E-state index in [0.29, 0.717) is 6.61 Å². The van der Waals surface area contributed by atoms with Crippen molar-refractivity contribution in [1.82, 2.24) is 9.80 Å². The fourth-order valence-electron chi connectivity index (χ4n) is 1.61. The lowest BCUT2D eigenvalue weighted by Gasteiger charge is -2.17. The summed E-state index contributed by atoms with van der Waals surface area (Å²) in [4.78, 5) is 4.48. The molecule has 0 aliphatic rings. The van der Waals surface area contributed by atoms with Gasteiger partial charge in [0.15, 0.2) is 0 Å². The van der Waals surface area contributed by atoms with E-state index in [0.717, 1.165) is 39.1 Å². The average molecular weight is 258 g/mol. The number of aliphatic hydroxyl groups is 1. The minimum absolute atomic E-state index is 0.218. The molecule has 0 radical (unpaired) electrons. The SMILES string of the molecule is C/C(=C/CN(C)C)CN(C)CCCOCCCO. The van der Waals surface area contributed by atoms with Crippen molar-refractivity contribution in [2.75, 3.05) is 60.6 Å². The van der Waals surface area contributed by atoms with Gasteiger partial charge in [-0.2, -0.15) is 0 Å². The van der Waals surface area contributed by atoms with Crippen LogP contribution in [0.2, 0.25) is 0 Å². The predicted molar refractivity (Wildman–Crippen MR) is 76.9 cm³/mol. The number of ether oxygens (including phenoxy) is 1. The highest BCUT2D eigenvalue weighted by molar-refractivity contribution is 5.01. The van der Waals surface area contributed by atoms with Crippen LogP contribution in [0.4, 0.5) is 0 Å². The minimum atomic E-state index is 0.218. The number of aliphatic hydroxyl groups excluding tert-OH is 1. The molecule has 0 aromatic rings. The van der Waals surface area contributed by atoms with Crippen LogP contribution in [0.5, 0.6) is 0 Å². The van der Waals surface area contributed by atoms with E-state index in [-0.39, 0.29) is 6.61 Å². The number of nitrogens with zero attached hydrogens (tertiary/aromatic N) is 2. The fraction of sp³-hybridized carbons (Fsp3) is 0.857. The first-order chi connectivity index (χ1) is 8.56. The van der Waals surface area contributed by atoms with E-state index >= 15 is 0 Å². The maximum absolute atomic E-state index is 8.60. The second-order valence-electron chi connectivity index (χ2n) is 5.09. The summed E-state index contributed by atoms with van der Waals surface area (Å²) in [6.07, 6.45) is 4.05. The highest BCUT2D eigenvalue weighted by atomic mass is 16.5. The van der Waals surface area contributed by atoms with Crippen LogP contribution in [0.1, 0.15) is 19.8 Å². The zero-order chi connectivity index (χ0) is 13.8. The smallest absolute Gasteiger partial charge is 0.0487 e. The molecule has 4 heteroatoms. The Balaban J connectivity index is 3.52. The van der Waals surface area contributed by atoms with Crippen molar-refractivity contribution in [3.05, 3.63) is 11.6 Å². The summed E-state index contributed by atoms with van der Waals surface area (Å²) in [5.74, 6) is 0. The lowest BCUT2D eigenvalue weighted by molar-refractivity contribution is 0.108. The van der Waals surface area contributed by atoms with Gasteiger partial charge in [-0.05, 0) is 40.9 Å². The maximum atomic E-state index is 8.60. The molecule has 0 unspecified atom stereocenters. The Morgan fingerprint density at radius 3 is 2.44 bits per heavy atom. The van der Waals surface area contributed by atoms with Gasteiger partial charge in [0.1, 0.15) is 0 Å². The molecule has 0 amide bonds. The second kappa shape index (κ2) is 11.7. The van der Waals surface area contributed by atoms with Gasteiger partial charge in [-0.1, -0.05) is 11.6 Å². The molecule has 108 valence electrons. The van der Waals surface area contributed by atoms with Crippen molar-refractivity contribution in [1.29, 1.82) is 0 Å². The van der Waals surface area contributed by atoms with Gasteiger partial charge in [-0.25, -0.2) is 0 Å². The van der Waals surface area contributed by atoms with E-state index in [1.54, 1.807) is 0 Å². The van der Waals surface area contributed by atoms with Crippen molar-refractivity contribution in [3.63, 3.8) is 0 Å². The molecular formula is C14H30N2O2.